The first-order valence-electron chi connectivity index (χ1n) is 6.14. The van der Waals surface area contributed by atoms with Gasteiger partial charge in [0.2, 0.25) is 11.8 Å². The molecule has 0 aromatic rings. The number of ether oxygens (including phenoxy) is 1. The van der Waals surface area contributed by atoms with Crippen molar-refractivity contribution in [1.82, 2.24) is 10.2 Å². The van der Waals surface area contributed by atoms with E-state index in [0.717, 1.165) is 0 Å². The van der Waals surface area contributed by atoms with Crippen molar-refractivity contribution in [2.24, 2.45) is 0 Å². The Hall–Kier alpha value is -0.940. The number of likely N-dealkylation sites (tertiary alicyclic amines) is 1. The minimum absolute atomic E-state index is 0.0614. The van der Waals surface area contributed by atoms with Crippen LogP contribution in [0.1, 0.15) is 34.1 Å². The molecule has 1 unspecified atom stereocenters. The molecule has 0 bridgehead atoms. The molecule has 0 aliphatic carbocycles. The van der Waals surface area contributed by atoms with Crippen molar-refractivity contribution in [1.29, 1.82) is 0 Å². The van der Waals surface area contributed by atoms with E-state index >= 15 is 0 Å². The van der Waals surface area contributed by atoms with E-state index in [1.54, 1.807) is 0 Å². The average molecular weight is 242 g/mol. The minimum Gasteiger partial charge on any atom is -0.377 e. The van der Waals surface area contributed by atoms with Crippen LogP contribution in [0.2, 0.25) is 0 Å². The van der Waals surface area contributed by atoms with E-state index in [1.165, 1.54) is 4.90 Å². The van der Waals surface area contributed by atoms with Crippen LogP contribution in [0.15, 0.2) is 0 Å². The van der Waals surface area contributed by atoms with Crippen LogP contribution in [-0.4, -0.2) is 48.1 Å². The zero-order valence-electron chi connectivity index (χ0n) is 11.0. The predicted molar refractivity (Wildman–Crippen MR) is 64.5 cm³/mol. The van der Waals surface area contributed by atoms with Gasteiger partial charge in [-0.3, -0.25) is 14.5 Å². The van der Waals surface area contributed by atoms with Gasteiger partial charge in [0.25, 0.3) is 0 Å². The van der Waals surface area contributed by atoms with E-state index in [2.05, 4.69) is 5.32 Å². The quantitative estimate of drug-likeness (QED) is 0.545. The zero-order valence-corrected chi connectivity index (χ0v) is 11.0. The fraction of sp³-hybridized carbons (Fsp3) is 0.833. The number of carbonyl (C=O) groups excluding carboxylic acids is 2. The molecule has 1 N–H and O–H groups in total. The number of amides is 2. The van der Waals surface area contributed by atoms with Crippen LogP contribution in [0.25, 0.3) is 0 Å². The van der Waals surface area contributed by atoms with E-state index in [0.29, 0.717) is 13.2 Å². The molecule has 0 radical (unpaired) electrons. The molecule has 0 aromatic heterocycles. The summed E-state index contributed by atoms with van der Waals surface area (Å²) in [6.07, 6.45) is 0.448. The second-order valence-corrected chi connectivity index (χ2v) is 4.83. The van der Waals surface area contributed by atoms with Crippen LogP contribution in [-0.2, 0) is 14.3 Å². The lowest BCUT2D eigenvalue weighted by Crippen LogP contribution is -2.42. The highest BCUT2D eigenvalue weighted by atomic mass is 16.5. The Morgan fingerprint density at radius 2 is 2.00 bits per heavy atom. The van der Waals surface area contributed by atoms with Gasteiger partial charge in [-0.15, -0.1) is 0 Å². The number of hydrogen-bond donors (Lipinski definition) is 1. The molecule has 1 heterocycles. The highest BCUT2D eigenvalue weighted by Crippen LogP contribution is 2.15. The number of nitrogens with one attached hydrogen (secondary N) is 1. The summed E-state index contributed by atoms with van der Waals surface area (Å²) in [5, 5.41) is 3.06. The highest BCUT2D eigenvalue weighted by Gasteiger charge is 2.39. The van der Waals surface area contributed by atoms with E-state index in [9.17, 15) is 9.59 Å². The summed E-state index contributed by atoms with van der Waals surface area (Å²) in [4.78, 5) is 24.8. The second kappa shape index (κ2) is 6.12. The molecule has 1 fully saturated rings. The predicted octanol–water partition coefficient (Wildman–Crippen LogP) is 0.537. The number of carbonyl (C=O) groups is 2. The van der Waals surface area contributed by atoms with Crippen molar-refractivity contribution in [3.8, 4) is 0 Å². The van der Waals surface area contributed by atoms with Crippen molar-refractivity contribution in [3.63, 3.8) is 0 Å². The summed E-state index contributed by atoms with van der Waals surface area (Å²) in [6.45, 7) is 8.76. The summed E-state index contributed by atoms with van der Waals surface area (Å²) in [6, 6.07) is -0.436. The Balaban J connectivity index is 2.36. The van der Waals surface area contributed by atoms with Gasteiger partial charge in [0.05, 0.1) is 25.2 Å². The first-order chi connectivity index (χ1) is 7.93. The fourth-order valence-corrected chi connectivity index (χ4v) is 1.88. The van der Waals surface area contributed by atoms with Gasteiger partial charge in [0.1, 0.15) is 0 Å². The molecule has 17 heavy (non-hydrogen) atoms. The van der Waals surface area contributed by atoms with Crippen molar-refractivity contribution >= 4 is 11.8 Å². The third-order valence-corrected chi connectivity index (χ3v) is 2.64. The maximum absolute atomic E-state index is 11.9. The first-order valence-corrected chi connectivity index (χ1v) is 6.14. The number of imide groups is 1. The summed E-state index contributed by atoms with van der Waals surface area (Å²) in [7, 11) is 0. The molecular formula is C12H22N2O3. The zero-order chi connectivity index (χ0) is 13.0. The fourth-order valence-electron chi connectivity index (χ4n) is 1.88. The van der Waals surface area contributed by atoms with Crippen LogP contribution >= 0.6 is 0 Å². The molecule has 0 saturated carbocycles. The lowest BCUT2D eigenvalue weighted by Gasteiger charge is -2.19. The van der Waals surface area contributed by atoms with Crippen LogP contribution < -0.4 is 5.32 Å². The lowest BCUT2D eigenvalue weighted by molar-refractivity contribution is -0.140. The number of nitrogens with zero attached hydrogens (tertiary/aromatic N) is 1. The molecule has 1 rings (SSSR count). The van der Waals surface area contributed by atoms with E-state index in [-0.39, 0.29) is 36.4 Å². The van der Waals surface area contributed by atoms with Gasteiger partial charge in [0.15, 0.2) is 0 Å². The third kappa shape index (κ3) is 3.78. The molecule has 2 amide bonds. The monoisotopic (exact) mass is 242 g/mol. The van der Waals surface area contributed by atoms with Gasteiger partial charge in [-0.25, -0.2) is 0 Å². The van der Waals surface area contributed by atoms with Gasteiger partial charge < -0.3 is 10.1 Å². The summed E-state index contributed by atoms with van der Waals surface area (Å²) in [5.41, 5.74) is 0. The van der Waals surface area contributed by atoms with Gasteiger partial charge in [0, 0.05) is 12.6 Å². The Morgan fingerprint density at radius 1 is 1.35 bits per heavy atom. The average Bonchev–Trinajstić information content (AvgIpc) is 2.48. The Bertz CT molecular complexity index is 289. The van der Waals surface area contributed by atoms with Crippen LogP contribution in [0.3, 0.4) is 0 Å². The van der Waals surface area contributed by atoms with Crippen molar-refractivity contribution in [2.45, 2.75) is 52.3 Å². The molecule has 98 valence electrons. The molecule has 1 aliphatic rings. The van der Waals surface area contributed by atoms with Gasteiger partial charge in [-0.05, 0) is 27.7 Å². The van der Waals surface area contributed by atoms with Gasteiger partial charge >= 0.3 is 0 Å². The van der Waals surface area contributed by atoms with Crippen molar-refractivity contribution < 1.29 is 14.3 Å². The summed E-state index contributed by atoms with van der Waals surface area (Å²) in [5.74, 6) is -0.207. The number of hydrogen-bond acceptors (Lipinski definition) is 4. The van der Waals surface area contributed by atoms with E-state index < -0.39 is 0 Å². The van der Waals surface area contributed by atoms with E-state index in [4.69, 9.17) is 4.74 Å². The standard InChI is InChI=1S/C12H22N2O3/c1-8(2)14-11(15)7-10(12(14)16)13-5-6-17-9(3)4/h8-10,13H,5-7H2,1-4H3. The van der Waals surface area contributed by atoms with Crippen molar-refractivity contribution in [3.05, 3.63) is 0 Å². The number of rotatable bonds is 6. The SMILES string of the molecule is CC(C)OCCNC1CC(=O)N(C(C)C)C1=O. The summed E-state index contributed by atoms with van der Waals surface area (Å²) >= 11 is 0. The second-order valence-electron chi connectivity index (χ2n) is 4.83. The molecular weight excluding hydrogens is 220 g/mol. The summed E-state index contributed by atoms with van der Waals surface area (Å²) < 4.78 is 5.37. The Kier molecular flexibility index (Phi) is 5.08. The maximum atomic E-state index is 11.9. The Morgan fingerprint density at radius 3 is 2.47 bits per heavy atom. The molecule has 0 spiro atoms. The molecule has 1 atom stereocenters. The molecule has 5 nitrogen and oxygen atoms in total. The topological polar surface area (TPSA) is 58.6 Å². The molecule has 1 aliphatic heterocycles. The first kappa shape index (κ1) is 14.1. The van der Waals surface area contributed by atoms with Crippen LogP contribution in [0.4, 0.5) is 0 Å². The van der Waals surface area contributed by atoms with Crippen LogP contribution in [0.5, 0.6) is 0 Å². The third-order valence-electron chi connectivity index (χ3n) is 2.64. The molecule has 5 heteroatoms. The van der Waals surface area contributed by atoms with Gasteiger partial charge in [-0.1, -0.05) is 0 Å². The largest absolute Gasteiger partial charge is 0.377 e. The van der Waals surface area contributed by atoms with E-state index in [1.807, 2.05) is 27.7 Å². The normalized spacial score (nSPS) is 21.1. The smallest absolute Gasteiger partial charge is 0.247 e. The van der Waals surface area contributed by atoms with Crippen molar-refractivity contribution in [2.75, 3.05) is 13.2 Å². The highest BCUT2D eigenvalue weighted by molar-refractivity contribution is 6.05. The lowest BCUT2D eigenvalue weighted by atomic mass is 10.2. The molecule has 0 aromatic carbocycles. The van der Waals surface area contributed by atoms with Gasteiger partial charge in [-0.2, -0.15) is 0 Å². The maximum Gasteiger partial charge on any atom is 0.247 e. The Labute approximate surface area is 102 Å². The van der Waals surface area contributed by atoms with Crippen LogP contribution in [0, 0.1) is 0 Å². The minimum atomic E-state index is -0.374. The molecule has 1 saturated heterocycles.